The van der Waals surface area contributed by atoms with E-state index in [1.807, 2.05) is 0 Å². The summed E-state index contributed by atoms with van der Waals surface area (Å²) in [6, 6.07) is 9.33. The summed E-state index contributed by atoms with van der Waals surface area (Å²) in [7, 11) is 0. The Morgan fingerprint density at radius 1 is 1.17 bits per heavy atom. The Hall–Kier alpha value is -1.26. The molecule has 1 rings (SSSR count). The van der Waals surface area contributed by atoms with Gasteiger partial charge in [0.25, 0.3) is 0 Å². The van der Waals surface area contributed by atoms with Gasteiger partial charge in [-0.3, -0.25) is 5.32 Å². The summed E-state index contributed by atoms with van der Waals surface area (Å²) in [4.78, 5) is 0. The van der Waals surface area contributed by atoms with E-state index in [-0.39, 0.29) is 6.04 Å². The summed E-state index contributed by atoms with van der Waals surface area (Å²) in [5.74, 6) is 3.48. The van der Waals surface area contributed by atoms with Gasteiger partial charge in [0, 0.05) is 6.04 Å². The fourth-order valence-corrected chi connectivity index (χ4v) is 2.10. The molecule has 0 saturated carbocycles. The Labute approximate surface area is 112 Å². The van der Waals surface area contributed by atoms with Crippen LogP contribution in [0.15, 0.2) is 24.3 Å². The highest BCUT2D eigenvalue weighted by molar-refractivity contribution is 5.25. The van der Waals surface area contributed by atoms with E-state index in [0.29, 0.717) is 12.0 Å². The van der Waals surface area contributed by atoms with E-state index in [1.165, 1.54) is 11.1 Å². The van der Waals surface area contributed by atoms with Crippen molar-refractivity contribution in [1.82, 2.24) is 5.32 Å². The predicted molar refractivity (Wildman–Crippen MR) is 79.4 cm³/mol. The van der Waals surface area contributed by atoms with Gasteiger partial charge in [0.15, 0.2) is 0 Å². The molecular weight excluding hydrogens is 218 g/mol. The maximum absolute atomic E-state index is 5.48. The van der Waals surface area contributed by atoms with Crippen LogP contribution in [0.5, 0.6) is 0 Å². The number of hydrogen-bond donors (Lipinski definition) is 1. The Balaban J connectivity index is 2.64. The lowest BCUT2D eigenvalue weighted by molar-refractivity contribution is 0.512. The minimum atomic E-state index is 0.162. The van der Waals surface area contributed by atoms with Crippen molar-refractivity contribution in [2.24, 2.45) is 5.92 Å². The SMILES string of the molecule is C#CC(CC)NC(C)c1ccc(CC(C)C)cc1. The normalized spacial score (nSPS) is 14.2. The number of benzene rings is 1. The lowest BCUT2D eigenvalue weighted by Gasteiger charge is -2.19. The van der Waals surface area contributed by atoms with E-state index in [0.717, 1.165) is 12.8 Å². The first-order valence-corrected chi connectivity index (χ1v) is 6.87. The van der Waals surface area contributed by atoms with Gasteiger partial charge in [-0.15, -0.1) is 6.42 Å². The second kappa shape index (κ2) is 7.24. The third-order valence-electron chi connectivity index (χ3n) is 3.18. The van der Waals surface area contributed by atoms with Gasteiger partial charge in [0.2, 0.25) is 0 Å². The molecule has 0 radical (unpaired) electrons. The predicted octanol–water partition coefficient (Wildman–Crippen LogP) is 3.95. The van der Waals surface area contributed by atoms with Crippen LogP contribution in [0.4, 0.5) is 0 Å². The molecule has 1 aromatic rings. The molecule has 1 aromatic carbocycles. The van der Waals surface area contributed by atoms with Crippen molar-refractivity contribution < 1.29 is 0 Å². The first kappa shape index (κ1) is 14.8. The quantitative estimate of drug-likeness (QED) is 0.746. The van der Waals surface area contributed by atoms with Gasteiger partial charge in [-0.05, 0) is 36.8 Å². The molecule has 2 atom stereocenters. The summed E-state index contributed by atoms with van der Waals surface area (Å²) in [6.07, 6.45) is 7.58. The molecule has 2 unspecified atom stereocenters. The zero-order valence-corrected chi connectivity index (χ0v) is 12.0. The average molecular weight is 243 g/mol. The highest BCUT2D eigenvalue weighted by Gasteiger charge is 2.09. The minimum Gasteiger partial charge on any atom is -0.297 e. The van der Waals surface area contributed by atoms with Crippen LogP contribution in [0.3, 0.4) is 0 Å². The molecule has 1 nitrogen and oxygen atoms in total. The molecule has 98 valence electrons. The van der Waals surface area contributed by atoms with Gasteiger partial charge in [-0.25, -0.2) is 0 Å². The van der Waals surface area contributed by atoms with E-state index in [2.05, 4.69) is 63.2 Å². The topological polar surface area (TPSA) is 12.0 Å². The maximum atomic E-state index is 5.48. The second-order valence-electron chi connectivity index (χ2n) is 5.36. The summed E-state index contributed by atoms with van der Waals surface area (Å²) in [6.45, 7) is 8.77. The van der Waals surface area contributed by atoms with Gasteiger partial charge in [0.1, 0.15) is 0 Å². The highest BCUT2D eigenvalue weighted by Crippen LogP contribution is 2.16. The molecule has 0 spiro atoms. The van der Waals surface area contributed by atoms with Crippen molar-refractivity contribution in [2.45, 2.75) is 52.6 Å². The first-order valence-electron chi connectivity index (χ1n) is 6.87. The molecule has 0 amide bonds. The van der Waals surface area contributed by atoms with Crippen molar-refractivity contribution in [3.63, 3.8) is 0 Å². The molecule has 0 aliphatic heterocycles. The Bertz CT molecular complexity index is 383. The maximum Gasteiger partial charge on any atom is 0.0688 e. The molecule has 1 N–H and O–H groups in total. The Morgan fingerprint density at radius 2 is 1.78 bits per heavy atom. The molecule has 18 heavy (non-hydrogen) atoms. The van der Waals surface area contributed by atoms with Crippen LogP contribution in [0, 0.1) is 18.3 Å². The zero-order chi connectivity index (χ0) is 13.5. The van der Waals surface area contributed by atoms with Crippen LogP contribution in [-0.2, 0) is 6.42 Å². The molecule has 0 aliphatic carbocycles. The van der Waals surface area contributed by atoms with Gasteiger partial charge >= 0.3 is 0 Å². The fraction of sp³-hybridized carbons (Fsp3) is 0.529. The summed E-state index contributed by atoms with van der Waals surface area (Å²) in [5, 5.41) is 3.46. The highest BCUT2D eigenvalue weighted by atomic mass is 14.9. The number of nitrogens with one attached hydrogen (secondary N) is 1. The number of hydrogen-bond acceptors (Lipinski definition) is 1. The van der Waals surface area contributed by atoms with E-state index >= 15 is 0 Å². The molecular formula is C17H25N. The van der Waals surface area contributed by atoms with E-state index in [1.54, 1.807) is 0 Å². The lowest BCUT2D eigenvalue weighted by Crippen LogP contribution is -2.29. The van der Waals surface area contributed by atoms with Crippen LogP contribution in [0.25, 0.3) is 0 Å². The monoisotopic (exact) mass is 243 g/mol. The second-order valence-corrected chi connectivity index (χ2v) is 5.36. The summed E-state index contributed by atoms with van der Waals surface area (Å²) in [5.41, 5.74) is 2.71. The number of terminal acetylenes is 1. The average Bonchev–Trinajstić information content (AvgIpc) is 2.35. The smallest absolute Gasteiger partial charge is 0.0688 e. The van der Waals surface area contributed by atoms with E-state index in [9.17, 15) is 0 Å². The molecule has 0 fully saturated rings. The van der Waals surface area contributed by atoms with Crippen LogP contribution in [-0.4, -0.2) is 6.04 Å². The van der Waals surface area contributed by atoms with E-state index in [4.69, 9.17) is 6.42 Å². The standard InChI is InChI=1S/C17H25N/c1-6-17(7-2)18-14(5)16-10-8-15(9-11-16)12-13(3)4/h1,8-11,13-14,17-18H,7,12H2,2-5H3. The molecule has 0 saturated heterocycles. The van der Waals surface area contributed by atoms with Crippen LogP contribution in [0.1, 0.15) is 51.3 Å². The van der Waals surface area contributed by atoms with Crippen LogP contribution in [0.2, 0.25) is 0 Å². The Morgan fingerprint density at radius 3 is 2.22 bits per heavy atom. The van der Waals surface area contributed by atoms with Gasteiger partial charge in [-0.2, -0.15) is 0 Å². The van der Waals surface area contributed by atoms with Crippen molar-refractivity contribution >= 4 is 0 Å². The van der Waals surface area contributed by atoms with Gasteiger partial charge in [0.05, 0.1) is 6.04 Å². The van der Waals surface area contributed by atoms with Crippen LogP contribution >= 0.6 is 0 Å². The minimum absolute atomic E-state index is 0.162. The first-order chi connectivity index (χ1) is 8.56. The van der Waals surface area contributed by atoms with Crippen LogP contribution < -0.4 is 5.32 Å². The van der Waals surface area contributed by atoms with Crippen molar-refractivity contribution in [3.05, 3.63) is 35.4 Å². The summed E-state index contributed by atoms with van der Waals surface area (Å²) < 4.78 is 0. The third-order valence-corrected chi connectivity index (χ3v) is 3.18. The van der Waals surface area contributed by atoms with Crippen molar-refractivity contribution in [3.8, 4) is 12.3 Å². The molecule has 1 heteroatoms. The molecule has 0 aromatic heterocycles. The van der Waals surface area contributed by atoms with Crippen molar-refractivity contribution in [2.75, 3.05) is 0 Å². The number of rotatable bonds is 6. The summed E-state index contributed by atoms with van der Waals surface area (Å²) >= 11 is 0. The zero-order valence-electron chi connectivity index (χ0n) is 12.0. The van der Waals surface area contributed by atoms with E-state index < -0.39 is 0 Å². The molecule has 0 bridgehead atoms. The lowest BCUT2D eigenvalue weighted by atomic mass is 9.99. The fourth-order valence-electron chi connectivity index (χ4n) is 2.10. The third kappa shape index (κ3) is 4.55. The largest absolute Gasteiger partial charge is 0.297 e. The van der Waals surface area contributed by atoms with Crippen molar-refractivity contribution in [1.29, 1.82) is 0 Å². The Kier molecular flexibility index (Phi) is 5.95. The van der Waals surface area contributed by atoms with Gasteiger partial charge < -0.3 is 0 Å². The van der Waals surface area contributed by atoms with Gasteiger partial charge in [-0.1, -0.05) is 51.0 Å². The molecule has 0 heterocycles. The molecule has 0 aliphatic rings.